The molecule has 10 heavy (non-hydrogen) atoms. The SMILES string of the molecule is CC1OCCNC1(C)CO. The molecule has 2 atom stereocenters. The van der Waals surface area contributed by atoms with Crippen molar-refractivity contribution in [2.45, 2.75) is 25.5 Å². The maximum atomic E-state index is 8.98. The van der Waals surface area contributed by atoms with Crippen LogP contribution in [-0.4, -0.2) is 36.5 Å². The van der Waals surface area contributed by atoms with Crippen molar-refractivity contribution in [2.75, 3.05) is 19.8 Å². The van der Waals surface area contributed by atoms with Gasteiger partial charge in [0.05, 0.1) is 24.9 Å². The van der Waals surface area contributed by atoms with Gasteiger partial charge in [0.25, 0.3) is 0 Å². The summed E-state index contributed by atoms with van der Waals surface area (Å²) in [6.07, 6.45) is 0.103. The van der Waals surface area contributed by atoms with Crippen molar-refractivity contribution in [2.24, 2.45) is 0 Å². The van der Waals surface area contributed by atoms with Crippen LogP contribution in [0.4, 0.5) is 0 Å². The summed E-state index contributed by atoms with van der Waals surface area (Å²) >= 11 is 0. The first-order chi connectivity index (χ1) is 4.69. The second kappa shape index (κ2) is 2.86. The summed E-state index contributed by atoms with van der Waals surface area (Å²) in [5, 5.41) is 12.2. The largest absolute Gasteiger partial charge is 0.394 e. The van der Waals surface area contributed by atoms with Crippen LogP contribution in [0.5, 0.6) is 0 Å². The monoisotopic (exact) mass is 145 g/mol. The van der Waals surface area contributed by atoms with Crippen LogP contribution < -0.4 is 5.32 Å². The molecule has 0 spiro atoms. The van der Waals surface area contributed by atoms with E-state index in [1.165, 1.54) is 0 Å². The predicted molar refractivity (Wildman–Crippen MR) is 38.9 cm³/mol. The molecule has 2 N–H and O–H groups in total. The minimum Gasteiger partial charge on any atom is -0.394 e. The average molecular weight is 145 g/mol. The molecule has 0 radical (unpaired) electrons. The molecule has 0 aliphatic carbocycles. The van der Waals surface area contributed by atoms with Gasteiger partial charge in [-0.15, -0.1) is 0 Å². The van der Waals surface area contributed by atoms with Gasteiger partial charge in [0.15, 0.2) is 0 Å². The molecule has 2 unspecified atom stereocenters. The topological polar surface area (TPSA) is 41.5 Å². The fourth-order valence-corrected chi connectivity index (χ4v) is 1.08. The van der Waals surface area contributed by atoms with Gasteiger partial charge in [-0.25, -0.2) is 0 Å². The maximum Gasteiger partial charge on any atom is 0.0748 e. The summed E-state index contributed by atoms with van der Waals surface area (Å²) in [6, 6.07) is 0. The van der Waals surface area contributed by atoms with Crippen molar-refractivity contribution in [1.82, 2.24) is 5.32 Å². The minimum absolute atomic E-state index is 0.103. The van der Waals surface area contributed by atoms with Crippen LogP contribution in [0.25, 0.3) is 0 Å². The van der Waals surface area contributed by atoms with E-state index in [4.69, 9.17) is 9.84 Å². The van der Waals surface area contributed by atoms with E-state index in [0.717, 1.165) is 13.2 Å². The number of ether oxygens (including phenoxy) is 1. The number of nitrogens with one attached hydrogen (secondary N) is 1. The van der Waals surface area contributed by atoms with Gasteiger partial charge in [0.2, 0.25) is 0 Å². The highest BCUT2D eigenvalue weighted by atomic mass is 16.5. The molecular formula is C7H15NO2. The normalized spacial score (nSPS) is 41.7. The van der Waals surface area contributed by atoms with Gasteiger partial charge >= 0.3 is 0 Å². The van der Waals surface area contributed by atoms with Crippen LogP contribution in [0.2, 0.25) is 0 Å². The molecule has 1 saturated heterocycles. The third kappa shape index (κ3) is 1.31. The Kier molecular flexibility index (Phi) is 2.28. The van der Waals surface area contributed by atoms with Crippen molar-refractivity contribution in [3.63, 3.8) is 0 Å². The summed E-state index contributed by atoms with van der Waals surface area (Å²) in [4.78, 5) is 0. The number of hydrogen-bond donors (Lipinski definition) is 2. The molecule has 1 heterocycles. The van der Waals surface area contributed by atoms with Crippen LogP contribution in [0, 0.1) is 0 Å². The molecule has 0 aromatic rings. The first kappa shape index (κ1) is 7.98. The second-order valence-corrected chi connectivity index (χ2v) is 3.02. The van der Waals surface area contributed by atoms with E-state index >= 15 is 0 Å². The summed E-state index contributed by atoms with van der Waals surface area (Å²) in [6.45, 7) is 5.66. The van der Waals surface area contributed by atoms with Crippen molar-refractivity contribution in [3.8, 4) is 0 Å². The Morgan fingerprint density at radius 1 is 1.80 bits per heavy atom. The highest BCUT2D eigenvalue weighted by Crippen LogP contribution is 2.15. The van der Waals surface area contributed by atoms with Gasteiger partial charge in [-0.2, -0.15) is 0 Å². The Bertz CT molecular complexity index is 118. The molecule has 1 fully saturated rings. The number of aliphatic hydroxyl groups is 1. The lowest BCUT2D eigenvalue weighted by molar-refractivity contribution is -0.0521. The number of aliphatic hydroxyl groups excluding tert-OH is 1. The quantitative estimate of drug-likeness (QED) is 0.534. The van der Waals surface area contributed by atoms with E-state index in [-0.39, 0.29) is 18.2 Å². The van der Waals surface area contributed by atoms with E-state index in [2.05, 4.69) is 5.32 Å². The standard InChI is InChI=1S/C7H15NO2/c1-6-7(2,5-9)8-3-4-10-6/h6,8-9H,3-5H2,1-2H3. The fourth-order valence-electron chi connectivity index (χ4n) is 1.08. The van der Waals surface area contributed by atoms with E-state index in [0.29, 0.717) is 0 Å². The smallest absolute Gasteiger partial charge is 0.0748 e. The number of hydrogen-bond acceptors (Lipinski definition) is 3. The average Bonchev–Trinajstić information content (AvgIpc) is 1.96. The van der Waals surface area contributed by atoms with E-state index in [9.17, 15) is 0 Å². The minimum atomic E-state index is -0.238. The molecule has 0 saturated carbocycles. The van der Waals surface area contributed by atoms with Crippen LogP contribution >= 0.6 is 0 Å². The van der Waals surface area contributed by atoms with Crippen molar-refractivity contribution in [1.29, 1.82) is 0 Å². The Balaban J connectivity index is 2.54. The molecule has 1 aliphatic rings. The zero-order valence-electron chi connectivity index (χ0n) is 6.55. The Hall–Kier alpha value is -0.120. The molecule has 3 nitrogen and oxygen atoms in total. The van der Waals surface area contributed by atoms with Gasteiger partial charge < -0.3 is 15.2 Å². The van der Waals surface area contributed by atoms with Gasteiger partial charge in [0, 0.05) is 6.54 Å². The molecule has 1 aliphatic heterocycles. The molecule has 1 rings (SSSR count). The zero-order chi connectivity index (χ0) is 7.61. The predicted octanol–water partition coefficient (Wildman–Crippen LogP) is -0.254. The Morgan fingerprint density at radius 2 is 2.50 bits per heavy atom. The van der Waals surface area contributed by atoms with E-state index in [1.807, 2.05) is 13.8 Å². The highest BCUT2D eigenvalue weighted by molar-refractivity contribution is 4.91. The Labute approximate surface area is 61.4 Å². The van der Waals surface area contributed by atoms with Crippen molar-refractivity contribution in [3.05, 3.63) is 0 Å². The summed E-state index contributed by atoms with van der Waals surface area (Å²) in [7, 11) is 0. The van der Waals surface area contributed by atoms with Crippen LogP contribution in [0.1, 0.15) is 13.8 Å². The molecule has 0 aromatic carbocycles. The first-order valence-corrected chi connectivity index (χ1v) is 3.66. The van der Waals surface area contributed by atoms with Crippen LogP contribution in [0.15, 0.2) is 0 Å². The van der Waals surface area contributed by atoms with Gasteiger partial charge in [-0.05, 0) is 13.8 Å². The lowest BCUT2D eigenvalue weighted by Crippen LogP contribution is -2.59. The number of rotatable bonds is 1. The lowest BCUT2D eigenvalue weighted by Gasteiger charge is -2.38. The Morgan fingerprint density at radius 3 is 2.90 bits per heavy atom. The summed E-state index contributed by atoms with van der Waals surface area (Å²) < 4.78 is 5.36. The second-order valence-electron chi connectivity index (χ2n) is 3.02. The third-order valence-corrected chi connectivity index (χ3v) is 2.22. The molecule has 0 bridgehead atoms. The van der Waals surface area contributed by atoms with Crippen LogP contribution in [0.3, 0.4) is 0 Å². The lowest BCUT2D eigenvalue weighted by atomic mass is 9.96. The molecule has 60 valence electrons. The summed E-state index contributed by atoms with van der Waals surface area (Å²) in [5.41, 5.74) is -0.238. The van der Waals surface area contributed by atoms with E-state index in [1.54, 1.807) is 0 Å². The van der Waals surface area contributed by atoms with Crippen molar-refractivity contribution >= 4 is 0 Å². The maximum absolute atomic E-state index is 8.98. The van der Waals surface area contributed by atoms with Crippen molar-refractivity contribution < 1.29 is 9.84 Å². The molecular weight excluding hydrogens is 130 g/mol. The van der Waals surface area contributed by atoms with Gasteiger partial charge in [-0.1, -0.05) is 0 Å². The number of morpholine rings is 1. The highest BCUT2D eigenvalue weighted by Gasteiger charge is 2.33. The first-order valence-electron chi connectivity index (χ1n) is 3.66. The molecule has 3 heteroatoms. The zero-order valence-corrected chi connectivity index (χ0v) is 6.55. The molecule has 0 aromatic heterocycles. The van der Waals surface area contributed by atoms with E-state index < -0.39 is 0 Å². The fraction of sp³-hybridized carbons (Fsp3) is 1.00. The molecule has 0 amide bonds. The van der Waals surface area contributed by atoms with Gasteiger partial charge in [-0.3, -0.25) is 0 Å². The van der Waals surface area contributed by atoms with Gasteiger partial charge in [0.1, 0.15) is 0 Å². The third-order valence-electron chi connectivity index (χ3n) is 2.22. The van der Waals surface area contributed by atoms with Crippen LogP contribution in [-0.2, 0) is 4.74 Å². The summed E-state index contributed by atoms with van der Waals surface area (Å²) in [5.74, 6) is 0.